The monoisotopic (exact) mass is 564 g/mol. The van der Waals surface area contributed by atoms with E-state index in [4.69, 9.17) is 21.1 Å². The minimum atomic E-state index is -4.11. The Labute approximate surface area is 221 Å². The van der Waals surface area contributed by atoms with Crippen molar-refractivity contribution in [3.8, 4) is 17.2 Å². The fraction of sp³-hybridized carbons (Fsp3) is 0.208. The van der Waals surface area contributed by atoms with Crippen LogP contribution in [-0.4, -0.2) is 36.1 Å². The summed E-state index contributed by atoms with van der Waals surface area (Å²) in [5, 5.41) is 6.41. The van der Waals surface area contributed by atoms with E-state index >= 15 is 0 Å². The van der Waals surface area contributed by atoms with Gasteiger partial charge in [0.1, 0.15) is 21.6 Å². The van der Waals surface area contributed by atoms with E-state index in [1.165, 1.54) is 73.5 Å². The highest BCUT2D eigenvalue weighted by Crippen LogP contribution is 2.37. The fourth-order valence-corrected chi connectivity index (χ4v) is 6.09. The molecule has 0 amide bonds. The van der Waals surface area contributed by atoms with Crippen molar-refractivity contribution in [1.82, 2.24) is 14.8 Å². The maximum atomic E-state index is 14.5. The Balaban J connectivity index is 1.70. The summed E-state index contributed by atoms with van der Waals surface area (Å²) in [4.78, 5) is 16.8. The van der Waals surface area contributed by atoms with Crippen molar-refractivity contribution in [1.29, 1.82) is 0 Å². The van der Waals surface area contributed by atoms with Crippen LogP contribution in [0.1, 0.15) is 16.3 Å². The molecule has 0 spiro atoms. The second kappa shape index (κ2) is 10.9. The zero-order valence-electron chi connectivity index (χ0n) is 20.0. The number of hydrogen-bond acceptors (Lipinski definition) is 8. The molecular formula is C24H22ClFN4O5S2. The molecule has 0 radical (unpaired) electrons. The topological polar surface area (TPSA) is 112 Å². The van der Waals surface area contributed by atoms with E-state index in [0.29, 0.717) is 10.6 Å². The van der Waals surface area contributed by atoms with Gasteiger partial charge in [-0.25, -0.2) is 17.8 Å². The van der Waals surface area contributed by atoms with Crippen molar-refractivity contribution in [3.05, 3.63) is 75.2 Å². The third-order valence-electron chi connectivity index (χ3n) is 5.26. The smallest absolute Gasteiger partial charge is 0.266 e. The number of carbonyl (C=O) groups is 1. The van der Waals surface area contributed by atoms with Crippen LogP contribution in [0.4, 0.5) is 10.1 Å². The highest BCUT2D eigenvalue weighted by molar-refractivity contribution is 7.92. The summed E-state index contributed by atoms with van der Waals surface area (Å²) in [6, 6.07) is 8.58. The van der Waals surface area contributed by atoms with Crippen molar-refractivity contribution < 1.29 is 27.1 Å². The van der Waals surface area contributed by atoms with Gasteiger partial charge in [0.05, 0.1) is 24.2 Å². The molecule has 0 fully saturated rings. The minimum absolute atomic E-state index is 0.0459. The first-order chi connectivity index (χ1) is 17.6. The number of ether oxygens (including phenoxy) is 2. The molecule has 0 unspecified atom stereocenters. The van der Waals surface area contributed by atoms with Gasteiger partial charge in [-0.3, -0.25) is 14.2 Å². The molecule has 0 saturated heterocycles. The molecule has 37 heavy (non-hydrogen) atoms. The minimum Gasteiger partial charge on any atom is -0.493 e. The van der Waals surface area contributed by atoms with Gasteiger partial charge in [-0.15, -0.1) is 11.3 Å². The zero-order valence-corrected chi connectivity index (χ0v) is 22.4. The van der Waals surface area contributed by atoms with Gasteiger partial charge >= 0.3 is 0 Å². The highest BCUT2D eigenvalue weighted by Gasteiger charge is 2.26. The molecule has 4 rings (SSSR count). The number of benzene rings is 2. The number of carbonyl (C=O) groups excluding carboxylic acids is 1. The van der Waals surface area contributed by atoms with E-state index < -0.39 is 15.8 Å². The second-order valence-corrected chi connectivity index (χ2v) is 10.9. The number of aromatic nitrogens is 3. The SMILES string of the molecule is COc1cccc(F)c1Oc1ccc(NS(=O)(=O)c2c(C)nn(C)c2Cl)cc1CC(=O)Cc1nccs1. The summed E-state index contributed by atoms with van der Waals surface area (Å²) in [5.74, 6) is -0.692. The van der Waals surface area contributed by atoms with Gasteiger partial charge in [0, 0.05) is 36.3 Å². The third-order valence-corrected chi connectivity index (χ3v) is 8.12. The van der Waals surface area contributed by atoms with Crippen molar-refractivity contribution in [3.63, 3.8) is 0 Å². The molecule has 9 nitrogen and oxygen atoms in total. The number of anilines is 1. The summed E-state index contributed by atoms with van der Waals surface area (Å²) in [7, 11) is -1.20. The molecule has 1 N–H and O–H groups in total. The van der Waals surface area contributed by atoms with Crippen molar-refractivity contribution >= 4 is 44.4 Å². The largest absolute Gasteiger partial charge is 0.493 e. The maximum Gasteiger partial charge on any atom is 0.266 e. The van der Waals surface area contributed by atoms with Crippen LogP contribution in [0.5, 0.6) is 17.2 Å². The number of sulfonamides is 1. The lowest BCUT2D eigenvalue weighted by atomic mass is 10.1. The molecule has 2 aromatic heterocycles. The molecule has 0 aliphatic rings. The van der Waals surface area contributed by atoms with Crippen molar-refractivity contribution in [2.24, 2.45) is 7.05 Å². The van der Waals surface area contributed by atoms with E-state index in [9.17, 15) is 17.6 Å². The summed E-state index contributed by atoms with van der Waals surface area (Å²) >= 11 is 7.50. The Bertz CT molecular complexity index is 1560. The molecule has 0 saturated carbocycles. The first kappa shape index (κ1) is 26.6. The number of para-hydroxylation sites is 1. The Hall–Kier alpha value is -3.48. The van der Waals surface area contributed by atoms with E-state index in [1.54, 1.807) is 11.6 Å². The second-order valence-electron chi connectivity index (χ2n) is 7.95. The average molecular weight is 565 g/mol. The lowest BCUT2D eigenvalue weighted by molar-refractivity contribution is -0.117. The lowest BCUT2D eigenvalue weighted by Gasteiger charge is -2.16. The molecule has 0 bridgehead atoms. The van der Waals surface area contributed by atoms with Gasteiger partial charge in [-0.2, -0.15) is 5.10 Å². The van der Waals surface area contributed by atoms with Crippen LogP contribution >= 0.6 is 22.9 Å². The summed E-state index contributed by atoms with van der Waals surface area (Å²) in [6.45, 7) is 1.53. The first-order valence-corrected chi connectivity index (χ1v) is 13.6. The van der Waals surface area contributed by atoms with E-state index in [0.717, 1.165) is 0 Å². The van der Waals surface area contributed by atoms with Crippen LogP contribution in [0.2, 0.25) is 5.15 Å². The molecule has 0 aliphatic carbocycles. The average Bonchev–Trinajstić information content (AvgIpc) is 3.43. The molecule has 194 valence electrons. The predicted molar refractivity (Wildman–Crippen MR) is 138 cm³/mol. The van der Waals surface area contributed by atoms with Crippen molar-refractivity contribution in [2.45, 2.75) is 24.7 Å². The Kier molecular flexibility index (Phi) is 7.81. The number of aryl methyl sites for hydroxylation is 2. The molecule has 2 heterocycles. The molecule has 0 atom stereocenters. The van der Waals surface area contributed by atoms with Crippen LogP contribution in [0.15, 0.2) is 52.9 Å². The number of Topliss-reactive ketones (excluding diaryl/α,β-unsaturated/α-hetero) is 1. The molecule has 2 aromatic carbocycles. The Morgan fingerprint density at radius 1 is 1.22 bits per heavy atom. The normalized spacial score (nSPS) is 11.4. The van der Waals surface area contributed by atoms with Gasteiger partial charge in [-0.1, -0.05) is 17.7 Å². The van der Waals surface area contributed by atoms with Gasteiger partial charge in [0.2, 0.25) is 5.75 Å². The van der Waals surface area contributed by atoms with Gasteiger partial charge in [0.15, 0.2) is 11.6 Å². The standard InChI is InChI=1S/C24H22ClFN4O5S2/c1-14-23(24(25)30(2)28-14)37(32,33)29-16-7-8-19(35-22-18(26)5-4-6-20(22)34-3)15(11-16)12-17(31)13-21-27-9-10-36-21/h4-11,29H,12-13H2,1-3H3. The van der Waals surface area contributed by atoms with Crippen LogP contribution in [0, 0.1) is 12.7 Å². The number of ketones is 1. The number of rotatable bonds is 10. The zero-order chi connectivity index (χ0) is 26.7. The highest BCUT2D eigenvalue weighted by atomic mass is 35.5. The molecule has 0 aliphatic heterocycles. The number of halogens is 2. The number of nitrogens with zero attached hydrogens (tertiary/aromatic N) is 3. The van der Waals surface area contributed by atoms with Crippen LogP contribution in [0.3, 0.4) is 0 Å². The van der Waals surface area contributed by atoms with Crippen LogP contribution in [0.25, 0.3) is 0 Å². The number of hydrogen-bond donors (Lipinski definition) is 1. The van der Waals surface area contributed by atoms with E-state index in [-0.39, 0.29) is 57.3 Å². The van der Waals surface area contributed by atoms with Gasteiger partial charge < -0.3 is 9.47 Å². The Morgan fingerprint density at radius 3 is 2.65 bits per heavy atom. The first-order valence-electron chi connectivity index (χ1n) is 10.8. The molecule has 13 heteroatoms. The van der Waals surface area contributed by atoms with Crippen LogP contribution < -0.4 is 14.2 Å². The fourth-order valence-electron chi connectivity index (χ4n) is 3.65. The Morgan fingerprint density at radius 2 is 2.00 bits per heavy atom. The summed E-state index contributed by atoms with van der Waals surface area (Å²) < 4.78 is 55.5. The maximum absolute atomic E-state index is 14.5. The molecular weight excluding hydrogens is 543 g/mol. The lowest BCUT2D eigenvalue weighted by Crippen LogP contribution is -2.15. The number of nitrogens with one attached hydrogen (secondary N) is 1. The number of thiazole rings is 1. The van der Waals surface area contributed by atoms with E-state index in [2.05, 4.69) is 14.8 Å². The molecule has 4 aromatic rings. The number of methoxy groups -OCH3 is 1. The summed E-state index contributed by atoms with van der Waals surface area (Å²) in [5.41, 5.74) is 0.718. The summed E-state index contributed by atoms with van der Waals surface area (Å²) in [6.07, 6.45) is 1.57. The van der Waals surface area contributed by atoms with Gasteiger partial charge in [-0.05, 0) is 37.3 Å². The van der Waals surface area contributed by atoms with Crippen molar-refractivity contribution in [2.75, 3.05) is 11.8 Å². The van der Waals surface area contributed by atoms with Crippen LogP contribution in [-0.2, 0) is 34.7 Å². The quantitative estimate of drug-likeness (QED) is 0.290. The third kappa shape index (κ3) is 5.92. The predicted octanol–water partition coefficient (Wildman–Crippen LogP) is 4.93. The van der Waals surface area contributed by atoms with E-state index in [1.807, 2.05) is 0 Å². The van der Waals surface area contributed by atoms with Gasteiger partial charge in [0.25, 0.3) is 10.0 Å².